The van der Waals surface area contributed by atoms with E-state index in [-0.39, 0.29) is 27.6 Å². The molecule has 118 valence electrons. The summed E-state index contributed by atoms with van der Waals surface area (Å²) in [5.41, 5.74) is 0.324. The number of aliphatic hydroxyl groups is 1. The van der Waals surface area contributed by atoms with E-state index in [0.717, 1.165) is 25.7 Å². The van der Waals surface area contributed by atoms with Gasteiger partial charge in [0, 0.05) is 17.6 Å². The average Bonchev–Trinajstić information content (AvgIpc) is 2.65. The number of sulfonamides is 1. The van der Waals surface area contributed by atoms with E-state index in [2.05, 4.69) is 0 Å². The van der Waals surface area contributed by atoms with Crippen LogP contribution >= 0.6 is 23.2 Å². The fourth-order valence-corrected chi connectivity index (χ4v) is 5.25. The SMILES string of the molecule is CC1CCCCCN1S(=O)(=O)c1cc(Cl)cc(CO)c1Cl. The van der Waals surface area contributed by atoms with E-state index in [1.165, 1.54) is 16.4 Å². The summed E-state index contributed by atoms with van der Waals surface area (Å²) in [6.45, 7) is 2.05. The maximum atomic E-state index is 12.9. The van der Waals surface area contributed by atoms with E-state index in [0.29, 0.717) is 12.1 Å². The van der Waals surface area contributed by atoms with E-state index in [1.807, 2.05) is 6.92 Å². The normalized spacial score (nSPS) is 21.2. The molecule has 21 heavy (non-hydrogen) atoms. The van der Waals surface area contributed by atoms with Crippen molar-refractivity contribution < 1.29 is 13.5 Å². The lowest BCUT2D eigenvalue weighted by Crippen LogP contribution is -2.38. The molecule has 1 aliphatic heterocycles. The van der Waals surface area contributed by atoms with Crippen LogP contribution in [0.2, 0.25) is 10.0 Å². The summed E-state index contributed by atoms with van der Waals surface area (Å²) >= 11 is 12.1. The van der Waals surface area contributed by atoms with Crippen molar-refractivity contribution in [3.8, 4) is 0 Å². The van der Waals surface area contributed by atoms with Gasteiger partial charge in [0.05, 0.1) is 11.6 Å². The molecule has 7 heteroatoms. The van der Waals surface area contributed by atoms with Crippen LogP contribution < -0.4 is 0 Å². The van der Waals surface area contributed by atoms with Crippen LogP contribution in [0, 0.1) is 0 Å². The summed E-state index contributed by atoms with van der Waals surface area (Å²) in [5.74, 6) is 0. The summed E-state index contributed by atoms with van der Waals surface area (Å²) < 4.78 is 27.3. The highest BCUT2D eigenvalue weighted by molar-refractivity contribution is 7.89. The van der Waals surface area contributed by atoms with Gasteiger partial charge in [-0.15, -0.1) is 0 Å². The smallest absolute Gasteiger partial charge is 0.244 e. The molecule has 1 fully saturated rings. The monoisotopic (exact) mass is 351 g/mol. The molecule has 1 heterocycles. The summed E-state index contributed by atoms with van der Waals surface area (Å²) in [6.07, 6.45) is 3.73. The van der Waals surface area contributed by atoms with Gasteiger partial charge in [-0.2, -0.15) is 4.31 Å². The van der Waals surface area contributed by atoms with Crippen LogP contribution in [0.4, 0.5) is 0 Å². The molecule has 1 aliphatic rings. The van der Waals surface area contributed by atoms with E-state index >= 15 is 0 Å². The minimum atomic E-state index is -3.71. The zero-order valence-electron chi connectivity index (χ0n) is 11.8. The van der Waals surface area contributed by atoms with Crippen molar-refractivity contribution in [3.63, 3.8) is 0 Å². The lowest BCUT2D eigenvalue weighted by molar-refractivity contribution is 0.281. The third kappa shape index (κ3) is 3.54. The molecular formula is C14H19Cl2NO3S. The van der Waals surface area contributed by atoms with Crippen LogP contribution in [0.3, 0.4) is 0 Å². The molecule has 1 saturated heterocycles. The van der Waals surface area contributed by atoms with E-state index in [4.69, 9.17) is 23.2 Å². The molecule has 1 aromatic rings. The average molecular weight is 352 g/mol. The molecule has 2 rings (SSSR count). The predicted octanol–water partition coefficient (Wildman–Crippen LogP) is 3.44. The van der Waals surface area contributed by atoms with Crippen molar-refractivity contribution in [1.82, 2.24) is 4.31 Å². The Bertz CT molecular complexity index is 619. The van der Waals surface area contributed by atoms with Gasteiger partial charge in [-0.1, -0.05) is 36.0 Å². The topological polar surface area (TPSA) is 57.6 Å². The number of halogens is 2. The number of hydrogen-bond acceptors (Lipinski definition) is 3. The Morgan fingerprint density at radius 1 is 1.29 bits per heavy atom. The maximum Gasteiger partial charge on any atom is 0.244 e. The van der Waals surface area contributed by atoms with Gasteiger partial charge in [-0.25, -0.2) is 8.42 Å². The molecule has 1 aromatic carbocycles. The van der Waals surface area contributed by atoms with Crippen molar-refractivity contribution in [2.45, 2.75) is 50.2 Å². The second-order valence-corrected chi connectivity index (χ2v) is 8.02. The number of aliphatic hydroxyl groups excluding tert-OH is 1. The summed E-state index contributed by atoms with van der Waals surface area (Å²) in [7, 11) is -3.71. The van der Waals surface area contributed by atoms with Gasteiger partial charge in [-0.05, 0) is 37.5 Å². The predicted molar refractivity (Wildman–Crippen MR) is 84.2 cm³/mol. The first-order chi connectivity index (χ1) is 9.87. The fourth-order valence-electron chi connectivity index (χ4n) is 2.65. The van der Waals surface area contributed by atoms with Gasteiger partial charge in [0.1, 0.15) is 4.90 Å². The largest absolute Gasteiger partial charge is 0.392 e. The zero-order chi connectivity index (χ0) is 15.6. The molecular weight excluding hydrogens is 333 g/mol. The Balaban J connectivity index is 2.50. The first kappa shape index (κ1) is 17.0. The molecule has 0 aromatic heterocycles. The molecule has 0 radical (unpaired) electrons. The Morgan fingerprint density at radius 3 is 2.67 bits per heavy atom. The van der Waals surface area contributed by atoms with Crippen molar-refractivity contribution in [2.24, 2.45) is 0 Å². The molecule has 1 N–H and O–H groups in total. The molecule has 0 bridgehead atoms. The highest BCUT2D eigenvalue weighted by Gasteiger charge is 2.32. The van der Waals surface area contributed by atoms with Gasteiger partial charge in [-0.3, -0.25) is 0 Å². The first-order valence-electron chi connectivity index (χ1n) is 6.98. The standard InChI is InChI=1S/C14H19Cl2NO3S/c1-10-5-3-2-4-6-17(10)21(19,20)13-8-12(15)7-11(9-18)14(13)16/h7-8,10,18H,2-6,9H2,1H3. The number of hydrogen-bond donors (Lipinski definition) is 1. The summed E-state index contributed by atoms with van der Waals surface area (Å²) in [4.78, 5) is -0.0190. The highest BCUT2D eigenvalue weighted by atomic mass is 35.5. The second kappa shape index (κ2) is 6.84. The van der Waals surface area contributed by atoms with Crippen molar-refractivity contribution in [1.29, 1.82) is 0 Å². The Hall–Kier alpha value is -0.330. The van der Waals surface area contributed by atoms with Gasteiger partial charge in [0.15, 0.2) is 0 Å². The molecule has 4 nitrogen and oxygen atoms in total. The molecule has 1 atom stereocenters. The lowest BCUT2D eigenvalue weighted by Gasteiger charge is -2.27. The van der Waals surface area contributed by atoms with Crippen molar-refractivity contribution in [3.05, 3.63) is 27.7 Å². The molecule has 0 spiro atoms. The van der Waals surface area contributed by atoms with Crippen LogP contribution in [-0.4, -0.2) is 30.4 Å². The Morgan fingerprint density at radius 2 is 2.00 bits per heavy atom. The van der Waals surface area contributed by atoms with E-state index in [1.54, 1.807) is 0 Å². The summed E-state index contributed by atoms with van der Waals surface area (Å²) in [6, 6.07) is 2.77. The van der Waals surface area contributed by atoms with E-state index < -0.39 is 10.0 Å². The Labute approximate surface area is 135 Å². The lowest BCUT2D eigenvalue weighted by atomic mass is 10.1. The third-order valence-corrected chi connectivity index (χ3v) is 6.64. The molecule has 1 unspecified atom stereocenters. The van der Waals surface area contributed by atoms with Crippen molar-refractivity contribution >= 4 is 33.2 Å². The van der Waals surface area contributed by atoms with Gasteiger partial charge in [0.2, 0.25) is 10.0 Å². The van der Waals surface area contributed by atoms with E-state index in [9.17, 15) is 13.5 Å². The van der Waals surface area contributed by atoms with Gasteiger partial charge < -0.3 is 5.11 Å². The van der Waals surface area contributed by atoms with Crippen LogP contribution in [0.15, 0.2) is 17.0 Å². The minimum absolute atomic E-state index is 0.0190. The van der Waals surface area contributed by atoms with Crippen LogP contribution in [-0.2, 0) is 16.6 Å². The van der Waals surface area contributed by atoms with Gasteiger partial charge in [0.25, 0.3) is 0 Å². The van der Waals surface area contributed by atoms with Crippen molar-refractivity contribution in [2.75, 3.05) is 6.54 Å². The zero-order valence-corrected chi connectivity index (χ0v) is 14.2. The van der Waals surface area contributed by atoms with Gasteiger partial charge >= 0.3 is 0 Å². The molecule has 0 aliphatic carbocycles. The number of benzene rings is 1. The molecule has 0 saturated carbocycles. The second-order valence-electron chi connectivity index (χ2n) is 5.35. The van der Waals surface area contributed by atoms with Crippen LogP contribution in [0.25, 0.3) is 0 Å². The van der Waals surface area contributed by atoms with Crippen LogP contribution in [0.1, 0.15) is 38.2 Å². The van der Waals surface area contributed by atoms with Crippen LogP contribution in [0.5, 0.6) is 0 Å². The molecule has 0 amide bonds. The summed E-state index contributed by atoms with van der Waals surface area (Å²) in [5, 5.41) is 9.60. The highest BCUT2D eigenvalue weighted by Crippen LogP contribution is 2.33. The fraction of sp³-hybridized carbons (Fsp3) is 0.571. The quantitative estimate of drug-likeness (QED) is 0.907. The first-order valence-corrected chi connectivity index (χ1v) is 9.18. The Kier molecular flexibility index (Phi) is 5.54. The number of nitrogens with zero attached hydrogens (tertiary/aromatic N) is 1. The number of rotatable bonds is 3. The minimum Gasteiger partial charge on any atom is -0.392 e. The maximum absolute atomic E-state index is 12.9. The third-order valence-electron chi connectivity index (χ3n) is 3.83.